The third-order valence-corrected chi connectivity index (χ3v) is 5.91. The van der Waals surface area contributed by atoms with Gasteiger partial charge in [-0.2, -0.15) is 0 Å². The van der Waals surface area contributed by atoms with Gasteiger partial charge in [-0.3, -0.25) is 14.6 Å². The van der Waals surface area contributed by atoms with E-state index in [1.165, 1.54) is 5.56 Å². The number of hydrogen-bond donors (Lipinski definition) is 0. The standard InChI is InChI=1S/C24H29N3O2/c1-17(2)19-8-6-18(7-9-19)14-27(22-10-11-22)24(29)20-13-23(28)26(15-20)16-21-5-3-4-12-25-21/h3-9,12,17,20,22H,10-11,13-16H2,1-2H3. The molecule has 2 aliphatic rings. The topological polar surface area (TPSA) is 53.5 Å². The SMILES string of the molecule is CC(C)c1ccc(CN(C(=O)C2CC(=O)N(Cc3ccccn3)C2)C2CC2)cc1. The van der Waals surface area contributed by atoms with E-state index in [0.717, 1.165) is 24.1 Å². The summed E-state index contributed by atoms with van der Waals surface area (Å²) in [5.74, 6) is 0.421. The van der Waals surface area contributed by atoms with Crippen LogP contribution in [-0.4, -0.2) is 39.2 Å². The molecular formula is C24H29N3O2. The summed E-state index contributed by atoms with van der Waals surface area (Å²) in [7, 11) is 0. The molecule has 2 aromatic rings. The number of amides is 2. The van der Waals surface area contributed by atoms with Gasteiger partial charge in [-0.25, -0.2) is 0 Å². The Hall–Kier alpha value is -2.69. The zero-order valence-corrected chi connectivity index (χ0v) is 17.3. The minimum atomic E-state index is -0.248. The fraction of sp³-hybridized carbons (Fsp3) is 0.458. The minimum Gasteiger partial charge on any atom is -0.336 e. The second-order valence-electron chi connectivity index (χ2n) is 8.59. The van der Waals surface area contributed by atoms with E-state index in [1.54, 1.807) is 11.1 Å². The van der Waals surface area contributed by atoms with Crippen molar-refractivity contribution in [1.29, 1.82) is 0 Å². The molecule has 2 heterocycles. The van der Waals surface area contributed by atoms with E-state index in [9.17, 15) is 9.59 Å². The largest absolute Gasteiger partial charge is 0.336 e. The Bertz CT molecular complexity index is 859. The Labute approximate surface area is 172 Å². The highest BCUT2D eigenvalue weighted by atomic mass is 16.2. The summed E-state index contributed by atoms with van der Waals surface area (Å²) in [6, 6.07) is 14.6. The normalized spacial score (nSPS) is 19.1. The van der Waals surface area contributed by atoms with Crippen LogP contribution in [0.15, 0.2) is 48.7 Å². The predicted octanol–water partition coefficient (Wildman–Crippen LogP) is 3.74. The highest BCUT2D eigenvalue weighted by molar-refractivity contribution is 5.89. The molecule has 1 saturated heterocycles. The average Bonchev–Trinajstić information content (AvgIpc) is 3.50. The van der Waals surface area contributed by atoms with E-state index in [1.807, 2.05) is 23.1 Å². The molecule has 1 unspecified atom stereocenters. The summed E-state index contributed by atoms with van der Waals surface area (Å²) in [5.41, 5.74) is 3.33. The summed E-state index contributed by atoms with van der Waals surface area (Å²) in [6.45, 7) is 5.96. The molecule has 152 valence electrons. The summed E-state index contributed by atoms with van der Waals surface area (Å²) >= 11 is 0. The maximum absolute atomic E-state index is 13.3. The highest BCUT2D eigenvalue weighted by Crippen LogP contribution is 2.32. The van der Waals surface area contributed by atoms with Gasteiger partial charge in [0, 0.05) is 31.7 Å². The fourth-order valence-corrected chi connectivity index (χ4v) is 3.99. The van der Waals surface area contributed by atoms with E-state index in [4.69, 9.17) is 0 Å². The van der Waals surface area contributed by atoms with Crippen molar-refractivity contribution in [3.63, 3.8) is 0 Å². The van der Waals surface area contributed by atoms with Gasteiger partial charge in [0.2, 0.25) is 11.8 Å². The van der Waals surface area contributed by atoms with Crippen molar-refractivity contribution in [3.8, 4) is 0 Å². The number of benzene rings is 1. The molecule has 29 heavy (non-hydrogen) atoms. The Morgan fingerprint density at radius 3 is 2.55 bits per heavy atom. The van der Waals surface area contributed by atoms with Crippen LogP contribution in [0.25, 0.3) is 0 Å². The maximum atomic E-state index is 13.3. The molecule has 0 N–H and O–H groups in total. The van der Waals surface area contributed by atoms with Crippen LogP contribution in [0.3, 0.4) is 0 Å². The first-order valence-electron chi connectivity index (χ1n) is 10.6. The van der Waals surface area contributed by atoms with Crippen molar-refractivity contribution in [1.82, 2.24) is 14.8 Å². The zero-order valence-electron chi connectivity index (χ0n) is 17.3. The highest BCUT2D eigenvalue weighted by Gasteiger charge is 2.41. The lowest BCUT2D eigenvalue weighted by atomic mass is 10.0. The quantitative estimate of drug-likeness (QED) is 0.722. The molecule has 1 saturated carbocycles. The third kappa shape index (κ3) is 4.66. The first-order valence-corrected chi connectivity index (χ1v) is 10.6. The predicted molar refractivity (Wildman–Crippen MR) is 112 cm³/mol. The van der Waals surface area contributed by atoms with Crippen molar-refractivity contribution < 1.29 is 9.59 Å². The summed E-state index contributed by atoms with van der Waals surface area (Å²) in [5, 5.41) is 0. The molecular weight excluding hydrogens is 362 g/mol. The Morgan fingerprint density at radius 1 is 1.17 bits per heavy atom. The van der Waals surface area contributed by atoms with Crippen LogP contribution in [-0.2, 0) is 22.7 Å². The molecule has 0 radical (unpaired) electrons. The molecule has 0 spiro atoms. The lowest BCUT2D eigenvalue weighted by molar-refractivity contribution is -0.137. The number of rotatable bonds is 7. The number of pyridine rings is 1. The number of nitrogens with zero attached hydrogens (tertiary/aromatic N) is 3. The molecule has 1 aliphatic carbocycles. The van der Waals surface area contributed by atoms with Gasteiger partial charge in [-0.05, 0) is 42.0 Å². The maximum Gasteiger partial charge on any atom is 0.228 e. The number of aromatic nitrogens is 1. The fourth-order valence-electron chi connectivity index (χ4n) is 3.99. The van der Waals surface area contributed by atoms with E-state index < -0.39 is 0 Å². The first-order chi connectivity index (χ1) is 14.0. The van der Waals surface area contributed by atoms with E-state index in [2.05, 4.69) is 43.1 Å². The molecule has 5 heteroatoms. The zero-order chi connectivity index (χ0) is 20.4. The van der Waals surface area contributed by atoms with Crippen LogP contribution in [0, 0.1) is 5.92 Å². The minimum absolute atomic E-state index is 0.0473. The number of likely N-dealkylation sites (tertiary alicyclic amines) is 1. The molecule has 1 aliphatic heterocycles. The number of hydrogen-bond acceptors (Lipinski definition) is 3. The van der Waals surface area contributed by atoms with Gasteiger partial charge in [0.05, 0.1) is 18.2 Å². The van der Waals surface area contributed by atoms with Crippen molar-refractivity contribution >= 4 is 11.8 Å². The van der Waals surface area contributed by atoms with Gasteiger partial charge in [0.25, 0.3) is 0 Å². The smallest absolute Gasteiger partial charge is 0.228 e. The molecule has 5 nitrogen and oxygen atoms in total. The van der Waals surface area contributed by atoms with Gasteiger partial charge in [0.15, 0.2) is 0 Å². The average molecular weight is 392 g/mol. The van der Waals surface area contributed by atoms with Crippen LogP contribution >= 0.6 is 0 Å². The molecule has 1 aromatic carbocycles. The Kier molecular flexibility index (Phi) is 5.65. The van der Waals surface area contributed by atoms with Crippen molar-refractivity contribution in [3.05, 3.63) is 65.5 Å². The van der Waals surface area contributed by atoms with Gasteiger partial charge < -0.3 is 9.80 Å². The van der Waals surface area contributed by atoms with Crippen LogP contribution in [0.4, 0.5) is 0 Å². The Balaban J connectivity index is 1.41. The first kappa shape index (κ1) is 19.6. The number of carbonyl (C=O) groups is 2. The van der Waals surface area contributed by atoms with E-state index >= 15 is 0 Å². The van der Waals surface area contributed by atoms with Gasteiger partial charge in [-0.1, -0.05) is 44.2 Å². The molecule has 0 bridgehead atoms. The lowest BCUT2D eigenvalue weighted by Gasteiger charge is -2.26. The molecule has 1 atom stereocenters. The molecule has 1 aromatic heterocycles. The lowest BCUT2D eigenvalue weighted by Crippen LogP contribution is -2.38. The molecule has 2 fully saturated rings. The van der Waals surface area contributed by atoms with Crippen LogP contribution in [0.1, 0.15) is 55.8 Å². The summed E-state index contributed by atoms with van der Waals surface area (Å²) < 4.78 is 0. The Morgan fingerprint density at radius 2 is 1.93 bits per heavy atom. The molecule has 4 rings (SSSR count). The second-order valence-corrected chi connectivity index (χ2v) is 8.59. The third-order valence-electron chi connectivity index (χ3n) is 5.91. The summed E-state index contributed by atoms with van der Waals surface area (Å²) in [6.07, 6.45) is 4.17. The van der Waals surface area contributed by atoms with Gasteiger partial charge >= 0.3 is 0 Å². The van der Waals surface area contributed by atoms with Crippen LogP contribution < -0.4 is 0 Å². The van der Waals surface area contributed by atoms with Crippen LogP contribution in [0.5, 0.6) is 0 Å². The van der Waals surface area contributed by atoms with Crippen molar-refractivity contribution in [2.75, 3.05) is 6.54 Å². The van der Waals surface area contributed by atoms with E-state index in [0.29, 0.717) is 38.0 Å². The second kappa shape index (κ2) is 8.36. The number of carbonyl (C=O) groups excluding carboxylic acids is 2. The van der Waals surface area contributed by atoms with E-state index in [-0.39, 0.29) is 17.7 Å². The van der Waals surface area contributed by atoms with Gasteiger partial charge in [0.1, 0.15) is 0 Å². The monoisotopic (exact) mass is 391 g/mol. The molecule has 2 amide bonds. The van der Waals surface area contributed by atoms with Crippen LogP contribution in [0.2, 0.25) is 0 Å². The van der Waals surface area contributed by atoms with Crippen molar-refractivity contribution in [2.45, 2.75) is 58.2 Å². The van der Waals surface area contributed by atoms with Gasteiger partial charge in [-0.15, -0.1) is 0 Å². The van der Waals surface area contributed by atoms with Crippen molar-refractivity contribution in [2.24, 2.45) is 5.92 Å². The summed E-state index contributed by atoms with van der Waals surface area (Å²) in [4.78, 5) is 33.9.